The van der Waals surface area contributed by atoms with Gasteiger partial charge in [-0.15, -0.1) is 0 Å². The molecule has 9 nitrogen and oxygen atoms in total. The van der Waals surface area contributed by atoms with Gasteiger partial charge in [0.15, 0.2) is 0 Å². The van der Waals surface area contributed by atoms with Crippen molar-refractivity contribution in [3.8, 4) is 0 Å². The fraction of sp³-hybridized carbons (Fsp3) is 0.818. The number of hydrogen-bond donors (Lipinski definition) is 4. The van der Waals surface area contributed by atoms with Crippen LogP contribution >= 0.6 is 0 Å². The predicted octanol–water partition coefficient (Wildman–Crippen LogP) is 1.11. The third kappa shape index (κ3) is 7.48. The van der Waals surface area contributed by atoms with E-state index < -0.39 is 47.9 Å². The summed E-state index contributed by atoms with van der Waals surface area (Å²) >= 11 is 0. The maximum atomic E-state index is 13.1. The number of carbonyl (C=O) groups is 4. The van der Waals surface area contributed by atoms with E-state index in [9.17, 15) is 24.3 Å². The molecule has 5 N–H and O–H groups in total. The summed E-state index contributed by atoms with van der Waals surface area (Å²) in [5.41, 5.74) is 6.00. The predicted molar refractivity (Wildman–Crippen MR) is 118 cm³/mol. The van der Waals surface area contributed by atoms with E-state index in [1.807, 2.05) is 27.7 Å². The van der Waals surface area contributed by atoms with Gasteiger partial charge in [0.25, 0.3) is 0 Å². The highest BCUT2D eigenvalue weighted by Crippen LogP contribution is 2.20. The van der Waals surface area contributed by atoms with E-state index in [0.29, 0.717) is 25.8 Å². The Balaban J connectivity index is 2.98. The highest BCUT2D eigenvalue weighted by atomic mass is 16.4. The number of nitrogens with one attached hydrogen (secondary N) is 2. The van der Waals surface area contributed by atoms with Crippen LogP contribution in [0.25, 0.3) is 0 Å². The molecule has 9 heteroatoms. The Morgan fingerprint density at radius 3 is 2.16 bits per heavy atom. The molecule has 0 aliphatic carbocycles. The van der Waals surface area contributed by atoms with Gasteiger partial charge in [-0.05, 0) is 37.0 Å². The molecule has 1 aliphatic rings. The third-order valence-electron chi connectivity index (χ3n) is 5.95. The van der Waals surface area contributed by atoms with Gasteiger partial charge in [0, 0.05) is 6.54 Å². The summed E-state index contributed by atoms with van der Waals surface area (Å²) in [7, 11) is 0. The molecule has 1 aliphatic heterocycles. The summed E-state index contributed by atoms with van der Waals surface area (Å²) in [6.45, 7) is 11.6. The molecule has 0 aromatic carbocycles. The van der Waals surface area contributed by atoms with Crippen LogP contribution in [0.3, 0.4) is 0 Å². The lowest BCUT2D eigenvalue weighted by Crippen LogP contribution is -2.59. The van der Waals surface area contributed by atoms with E-state index in [1.165, 1.54) is 4.90 Å². The van der Waals surface area contributed by atoms with Crippen molar-refractivity contribution in [1.29, 1.82) is 0 Å². The van der Waals surface area contributed by atoms with E-state index >= 15 is 0 Å². The number of nitrogens with zero attached hydrogens (tertiary/aromatic N) is 1. The number of rotatable bonds is 11. The molecular formula is C22H40N4O5. The van der Waals surface area contributed by atoms with Gasteiger partial charge in [0.2, 0.25) is 17.7 Å². The molecule has 1 fully saturated rings. The van der Waals surface area contributed by atoms with Gasteiger partial charge in [-0.3, -0.25) is 14.4 Å². The quantitative estimate of drug-likeness (QED) is 0.379. The molecule has 0 spiro atoms. The fourth-order valence-corrected chi connectivity index (χ4v) is 3.74. The lowest BCUT2D eigenvalue weighted by molar-refractivity contribution is -0.149. The molecule has 0 aromatic rings. The molecule has 31 heavy (non-hydrogen) atoms. The Morgan fingerprint density at radius 1 is 1.06 bits per heavy atom. The van der Waals surface area contributed by atoms with Crippen LogP contribution in [-0.2, 0) is 19.2 Å². The number of aliphatic carboxylic acids is 1. The average molecular weight is 441 g/mol. The maximum absolute atomic E-state index is 13.1. The van der Waals surface area contributed by atoms with Gasteiger partial charge in [-0.2, -0.15) is 0 Å². The maximum Gasteiger partial charge on any atom is 0.326 e. The van der Waals surface area contributed by atoms with Gasteiger partial charge in [-0.1, -0.05) is 48.0 Å². The van der Waals surface area contributed by atoms with Gasteiger partial charge in [0.05, 0.1) is 6.04 Å². The number of amides is 3. The first-order valence-electron chi connectivity index (χ1n) is 11.3. The monoisotopic (exact) mass is 440 g/mol. The van der Waals surface area contributed by atoms with Gasteiger partial charge < -0.3 is 26.4 Å². The zero-order valence-corrected chi connectivity index (χ0v) is 19.7. The Morgan fingerprint density at radius 2 is 1.68 bits per heavy atom. The van der Waals surface area contributed by atoms with Gasteiger partial charge >= 0.3 is 5.97 Å². The van der Waals surface area contributed by atoms with Crippen LogP contribution in [0.1, 0.15) is 67.2 Å². The average Bonchev–Trinajstić information content (AvgIpc) is 3.18. The minimum atomic E-state index is -1.04. The summed E-state index contributed by atoms with van der Waals surface area (Å²) in [6.07, 6.45) is 2.13. The largest absolute Gasteiger partial charge is 0.480 e. The first-order chi connectivity index (χ1) is 14.4. The Hall–Kier alpha value is -2.16. The molecule has 0 bridgehead atoms. The molecule has 0 saturated carbocycles. The first kappa shape index (κ1) is 26.9. The van der Waals surface area contributed by atoms with Crippen molar-refractivity contribution in [1.82, 2.24) is 15.5 Å². The van der Waals surface area contributed by atoms with Crippen LogP contribution in [0.4, 0.5) is 0 Å². The third-order valence-corrected chi connectivity index (χ3v) is 5.95. The second-order valence-corrected chi connectivity index (χ2v) is 9.36. The second kappa shape index (κ2) is 12.0. The summed E-state index contributed by atoms with van der Waals surface area (Å²) in [4.78, 5) is 51.6. The zero-order valence-electron chi connectivity index (χ0n) is 19.7. The van der Waals surface area contributed by atoms with Crippen LogP contribution in [0.5, 0.6) is 0 Å². The standard InChI is InChI=1S/C22H40N4O5/c1-7-14(6)17(23)19(27)25-18(13(4)5)20(28)24-15(11-12(2)3)21(29)26-10-8-9-16(26)22(30)31/h12-18H,7-11,23H2,1-6H3,(H,24,28)(H,25,27)(H,30,31). The smallest absolute Gasteiger partial charge is 0.326 e. The molecule has 1 heterocycles. The van der Waals surface area contributed by atoms with Crippen LogP contribution in [0, 0.1) is 17.8 Å². The number of likely N-dealkylation sites (tertiary alicyclic amines) is 1. The molecule has 178 valence electrons. The van der Waals surface area contributed by atoms with Crippen LogP contribution in [0.15, 0.2) is 0 Å². The van der Waals surface area contributed by atoms with Crippen LogP contribution in [-0.4, -0.2) is 64.4 Å². The summed E-state index contributed by atoms with van der Waals surface area (Å²) in [6, 6.07) is -3.30. The Bertz CT molecular complexity index is 652. The number of hydrogen-bond acceptors (Lipinski definition) is 5. The molecule has 1 rings (SSSR count). The van der Waals surface area contributed by atoms with Crippen molar-refractivity contribution in [2.75, 3.05) is 6.54 Å². The number of nitrogens with two attached hydrogens (primary N) is 1. The van der Waals surface area contributed by atoms with E-state index in [-0.39, 0.29) is 17.8 Å². The summed E-state index contributed by atoms with van der Waals surface area (Å²) in [5.74, 6) is -2.45. The molecule has 1 saturated heterocycles. The lowest BCUT2D eigenvalue weighted by atomic mass is 9.96. The minimum Gasteiger partial charge on any atom is -0.480 e. The van der Waals surface area contributed by atoms with E-state index in [0.717, 1.165) is 6.42 Å². The van der Waals surface area contributed by atoms with Crippen molar-refractivity contribution >= 4 is 23.7 Å². The van der Waals surface area contributed by atoms with Crippen molar-refractivity contribution in [3.63, 3.8) is 0 Å². The Labute approximate surface area is 185 Å². The molecular weight excluding hydrogens is 400 g/mol. The van der Waals surface area contributed by atoms with Gasteiger partial charge in [-0.25, -0.2) is 4.79 Å². The SMILES string of the molecule is CCC(C)C(N)C(=O)NC(C(=O)NC(CC(C)C)C(=O)N1CCCC1C(=O)O)C(C)C. The minimum absolute atomic E-state index is 0.0331. The van der Waals surface area contributed by atoms with Crippen molar-refractivity contribution in [3.05, 3.63) is 0 Å². The summed E-state index contributed by atoms with van der Waals surface area (Å²) < 4.78 is 0. The van der Waals surface area contributed by atoms with Gasteiger partial charge in [0.1, 0.15) is 18.1 Å². The lowest BCUT2D eigenvalue weighted by Gasteiger charge is -2.31. The van der Waals surface area contributed by atoms with Crippen LogP contribution in [0.2, 0.25) is 0 Å². The van der Waals surface area contributed by atoms with E-state index in [4.69, 9.17) is 5.73 Å². The summed E-state index contributed by atoms with van der Waals surface area (Å²) in [5, 5.41) is 14.9. The van der Waals surface area contributed by atoms with E-state index in [2.05, 4.69) is 10.6 Å². The molecule has 5 atom stereocenters. The Kier molecular flexibility index (Phi) is 10.4. The number of carboxylic acid groups (broad SMARTS) is 1. The molecule has 3 amide bonds. The van der Waals surface area contributed by atoms with Crippen LogP contribution < -0.4 is 16.4 Å². The first-order valence-corrected chi connectivity index (χ1v) is 11.3. The molecule has 5 unspecified atom stereocenters. The van der Waals surface area contributed by atoms with Crippen molar-refractivity contribution in [2.45, 2.75) is 91.4 Å². The second-order valence-electron chi connectivity index (χ2n) is 9.36. The number of carboxylic acids is 1. The van der Waals surface area contributed by atoms with Crippen molar-refractivity contribution < 1.29 is 24.3 Å². The van der Waals surface area contributed by atoms with Crippen molar-refractivity contribution in [2.24, 2.45) is 23.5 Å². The van der Waals surface area contributed by atoms with E-state index in [1.54, 1.807) is 13.8 Å². The zero-order chi connectivity index (χ0) is 23.9. The molecule has 0 radical (unpaired) electrons. The highest BCUT2D eigenvalue weighted by Gasteiger charge is 2.39. The molecule has 0 aromatic heterocycles. The topological polar surface area (TPSA) is 142 Å². The normalized spacial score (nSPS) is 20.3. The number of carbonyl (C=O) groups excluding carboxylic acids is 3. The fourth-order valence-electron chi connectivity index (χ4n) is 3.74. The highest BCUT2D eigenvalue weighted by molar-refractivity contribution is 5.94.